The minimum absolute atomic E-state index is 0.0292. The van der Waals surface area contributed by atoms with Crippen molar-refractivity contribution in [2.45, 2.75) is 0 Å². The summed E-state index contributed by atoms with van der Waals surface area (Å²) in [5.74, 6) is 0.502. The average Bonchev–Trinajstić information content (AvgIpc) is 2.64. The SMILES string of the molecule is N#CC(C#N)=Cc1c(Oc2ccc(Br)cc2)nc2ccccn2c1=O. The van der Waals surface area contributed by atoms with Crippen molar-refractivity contribution in [3.8, 4) is 23.8 Å². The van der Waals surface area contributed by atoms with Crippen LogP contribution in [-0.2, 0) is 0 Å². The van der Waals surface area contributed by atoms with Crippen LogP contribution in [-0.4, -0.2) is 9.38 Å². The van der Waals surface area contributed by atoms with Crippen LogP contribution in [0.1, 0.15) is 5.56 Å². The standard InChI is InChI=1S/C18H9BrN4O2/c19-13-4-6-14(7-5-13)25-17-15(9-12(10-20)11-21)18(24)23-8-2-1-3-16(23)22-17/h1-9H. The lowest BCUT2D eigenvalue weighted by Gasteiger charge is -2.09. The van der Waals surface area contributed by atoms with Crippen LogP contribution in [0.15, 0.2) is 63.5 Å². The molecule has 0 aliphatic rings. The zero-order valence-electron chi connectivity index (χ0n) is 12.7. The number of ether oxygens (including phenoxy) is 1. The molecule has 0 saturated heterocycles. The Balaban J connectivity index is 2.23. The smallest absolute Gasteiger partial charge is 0.269 e. The molecule has 0 amide bonds. The molecule has 120 valence electrons. The predicted molar refractivity (Wildman–Crippen MR) is 94.9 cm³/mol. The molecule has 0 N–H and O–H groups in total. The number of hydrogen-bond donors (Lipinski definition) is 0. The van der Waals surface area contributed by atoms with Crippen LogP contribution in [0.3, 0.4) is 0 Å². The van der Waals surface area contributed by atoms with Gasteiger partial charge in [-0.1, -0.05) is 22.0 Å². The molecule has 7 heteroatoms. The van der Waals surface area contributed by atoms with Crippen LogP contribution >= 0.6 is 15.9 Å². The van der Waals surface area contributed by atoms with E-state index < -0.39 is 5.56 Å². The Hall–Kier alpha value is -3.42. The van der Waals surface area contributed by atoms with Gasteiger partial charge in [0.1, 0.15) is 34.7 Å². The van der Waals surface area contributed by atoms with Gasteiger partial charge in [0.05, 0.1) is 0 Å². The van der Waals surface area contributed by atoms with Gasteiger partial charge in [-0.2, -0.15) is 15.5 Å². The van der Waals surface area contributed by atoms with Gasteiger partial charge < -0.3 is 4.74 Å². The van der Waals surface area contributed by atoms with Crippen LogP contribution in [0.4, 0.5) is 0 Å². The van der Waals surface area contributed by atoms with Crippen LogP contribution in [0.5, 0.6) is 11.6 Å². The van der Waals surface area contributed by atoms with E-state index in [4.69, 9.17) is 15.3 Å². The summed E-state index contributed by atoms with van der Waals surface area (Å²) in [6.45, 7) is 0. The lowest BCUT2D eigenvalue weighted by atomic mass is 10.2. The van der Waals surface area contributed by atoms with Crippen LogP contribution in [0.2, 0.25) is 0 Å². The lowest BCUT2D eigenvalue weighted by molar-refractivity contribution is 0.461. The first kappa shape index (κ1) is 16.4. The van der Waals surface area contributed by atoms with Crippen molar-refractivity contribution < 1.29 is 4.74 Å². The molecule has 0 unspecified atom stereocenters. The van der Waals surface area contributed by atoms with E-state index in [0.717, 1.165) is 4.47 Å². The summed E-state index contributed by atoms with van der Waals surface area (Å²) in [6.07, 6.45) is 2.74. The Bertz CT molecular complexity index is 1100. The summed E-state index contributed by atoms with van der Waals surface area (Å²) in [5, 5.41) is 18.0. The third-order valence-electron chi connectivity index (χ3n) is 3.29. The summed E-state index contributed by atoms with van der Waals surface area (Å²) >= 11 is 3.33. The third kappa shape index (κ3) is 3.42. The van der Waals surface area contributed by atoms with E-state index in [1.165, 1.54) is 10.5 Å². The second kappa shape index (κ2) is 7.00. The maximum absolute atomic E-state index is 12.7. The molecule has 3 rings (SSSR count). The summed E-state index contributed by atoms with van der Waals surface area (Å²) < 4.78 is 7.94. The number of allylic oxidation sites excluding steroid dienone is 1. The fourth-order valence-corrected chi connectivity index (χ4v) is 2.40. The fourth-order valence-electron chi connectivity index (χ4n) is 2.13. The Kier molecular flexibility index (Phi) is 4.60. The number of aromatic nitrogens is 2. The van der Waals surface area contributed by atoms with Gasteiger partial charge >= 0.3 is 0 Å². The molecule has 0 atom stereocenters. The zero-order valence-corrected chi connectivity index (χ0v) is 14.3. The summed E-state index contributed by atoms with van der Waals surface area (Å²) in [5.41, 5.74) is -0.215. The van der Waals surface area contributed by atoms with E-state index in [1.54, 1.807) is 60.8 Å². The first-order valence-electron chi connectivity index (χ1n) is 7.09. The van der Waals surface area contributed by atoms with Crippen molar-refractivity contribution >= 4 is 27.7 Å². The van der Waals surface area contributed by atoms with Crippen molar-refractivity contribution in [2.75, 3.05) is 0 Å². The van der Waals surface area contributed by atoms with Gasteiger partial charge in [-0.05, 0) is 42.5 Å². The molecule has 2 heterocycles. The number of rotatable bonds is 3. The summed E-state index contributed by atoms with van der Waals surface area (Å²) in [6, 6.07) is 15.6. The molecular weight excluding hydrogens is 384 g/mol. The number of fused-ring (bicyclic) bond motifs is 1. The van der Waals surface area contributed by atoms with E-state index in [-0.39, 0.29) is 17.0 Å². The number of halogens is 1. The molecule has 0 fully saturated rings. The fraction of sp³-hybridized carbons (Fsp3) is 0. The van der Waals surface area contributed by atoms with Gasteiger partial charge in [0.25, 0.3) is 5.56 Å². The van der Waals surface area contributed by atoms with Crippen molar-refractivity contribution in [3.05, 3.63) is 74.6 Å². The van der Waals surface area contributed by atoms with E-state index in [0.29, 0.717) is 11.4 Å². The zero-order chi connectivity index (χ0) is 17.8. The Labute approximate surface area is 151 Å². The second-order valence-electron chi connectivity index (χ2n) is 4.90. The minimum atomic E-state index is -0.430. The number of benzene rings is 1. The second-order valence-corrected chi connectivity index (χ2v) is 5.82. The molecule has 0 spiro atoms. The molecule has 0 radical (unpaired) electrons. The largest absolute Gasteiger partial charge is 0.438 e. The maximum atomic E-state index is 12.7. The highest BCUT2D eigenvalue weighted by molar-refractivity contribution is 9.10. The van der Waals surface area contributed by atoms with Crippen molar-refractivity contribution in [3.63, 3.8) is 0 Å². The van der Waals surface area contributed by atoms with Crippen molar-refractivity contribution in [1.82, 2.24) is 9.38 Å². The monoisotopic (exact) mass is 392 g/mol. The molecule has 2 aromatic heterocycles. The van der Waals surface area contributed by atoms with Gasteiger partial charge in [0.2, 0.25) is 5.88 Å². The molecule has 0 saturated carbocycles. The van der Waals surface area contributed by atoms with Gasteiger partial charge in [-0.3, -0.25) is 9.20 Å². The van der Waals surface area contributed by atoms with E-state index in [1.807, 2.05) is 0 Å². The predicted octanol–water partition coefficient (Wildman–Crippen LogP) is 3.68. The van der Waals surface area contributed by atoms with Gasteiger partial charge in [0.15, 0.2) is 0 Å². The van der Waals surface area contributed by atoms with Crippen LogP contribution in [0, 0.1) is 22.7 Å². The lowest BCUT2D eigenvalue weighted by Crippen LogP contribution is -2.18. The molecular formula is C18H9BrN4O2. The third-order valence-corrected chi connectivity index (χ3v) is 3.82. The highest BCUT2D eigenvalue weighted by Gasteiger charge is 2.14. The normalized spacial score (nSPS) is 9.88. The molecule has 0 aliphatic carbocycles. The number of pyridine rings is 1. The van der Waals surface area contributed by atoms with Crippen LogP contribution < -0.4 is 10.3 Å². The van der Waals surface area contributed by atoms with Crippen LogP contribution in [0.25, 0.3) is 11.7 Å². The average molecular weight is 393 g/mol. The number of hydrogen-bond acceptors (Lipinski definition) is 5. The minimum Gasteiger partial charge on any atom is -0.438 e. The van der Waals surface area contributed by atoms with E-state index >= 15 is 0 Å². The molecule has 0 aliphatic heterocycles. The quantitative estimate of drug-likeness (QED) is 0.633. The molecule has 1 aromatic carbocycles. The maximum Gasteiger partial charge on any atom is 0.269 e. The molecule has 6 nitrogen and oxygen atoms in total. The first-order chi connectivity index (χ1) is 12.1. The Morgan fingerprint density at radius 2 is 1.88 bits per heavy atom. The van der Waals surface area contributed by atoms with Gasteiger partial charge in [-0.25, -0.2) is 0 Å². The highest BCUT2D eigenvalue weighted by atomic mass is 79.9. The summed E-state index contributed by atoms with van der Waals surface area (Å²) in [4.78, 5) is 17.1. The number of nitriles is 2. The van der Waals surface area contributed by atoms with E-state index in [2.05, 4.69) is 20.9 Å². The van der Waals surface area contributed by atoms with Gasteiger partial charge in [0, 0.05) is 10.7 Å². The molecule has 0 bridgehead atoms. The number of nitrogens with zero attached hydrogens (tertiary/aromatic N) is 4. The molecule has 25 heavy (non-hydrogen) atoms. The highest BCUT2D eigenvalue weighted by Crippen LogP contribution is 2.25. The first-order valence-corrected chi connectivity index (χ1v) is 7.88. The van der Waals surface area contributed by atoms with Crippen molar-refractivity contribution in [1.29, 1.82) is 10.5 Å². The van der Waals surface area contributed by atoms with E-state index in [9.17, 15) is 4.79 Å². The Morgan fingerprint density at radius 1 is 1.16 bits per heavy atom. The molecule has 3 aromatic rings. The van der Waals surface area contributed by atoms with Gasteiger partial charge in [-0.15, -0.1) is 0 Å². The summed E-state index contributed by atoms with van der Waals surface area (Å²) in [7, 11) is 0. The van der Waals surface area contributed by atoms with Crippen molar-refractivity contribution in [2.24, 2.45) is 0 Å². The topological polar surface area (TPSA) is 91.2 Å². The Morgan fingerprint density at radius 3 is 2.56 bits per heavy atom.